The zero-order valence-corrected chi connectivity index (χ0v) is 19.3. The van der Waals surface area contributed by atoms with Crippen molar-refractivity contribution in [2.45, 2.75) is 0 Å². The van der Waals surface area contributed by atoms with Crippen molar-refractivity contribution in [2.75, 3.05) is 0 Å². The molecule has 0 N–H and O–H groups in total. The number of hydrogen-bond acceptors (Lipinski definition) is 1. The molecule has 0 aliphatic carbocycles. The molecular formula is C33H19N3. The summed E-state index contributed by atoms with van der Waals surface area (Å²) in [6.07, 6.45) is 2.19. The van der Waals surface area contributed by atoms with E-state index >= 15 is 0 Å². The maximum atomic E-state index is 9.12. The molecule has 5 aromatic carbocycles. The topological polar surface area (TPSA) is 33.1 Å². The number of hydrogen-bond donors (Lipinski definition) is 0. The summed E-state index contributed by atoms with van der Waals surface area (Å²) in [6, 6.07) is 40.7. The lowest BCUT2D eigenvalue weighted by atomic mass is 10.0. The van der Waals surface area contributed by atoms with Crippen LogP contribution >= 0.6 is 0 Å². The van der Waals surface area contributed by atoms with Crippen LogP contribution in [0.5, 0.6) is 0 Å². The van der Waals surface area contributed by atoms with E-state index in [1.165, 1.54) is 49.0 Å². The molecule has 0 aliphatic rings. The third-order valence-electron chi connectivity index (χ3n) is 7.53. The van der Waals surface area contributed by atoms with Crippen LogP contribution in [-0.2, 0) is 0 Å². The Bertz CT molecular complexity index is 2130. The van der Waals surface area contributed by atoms with E-state index in [0.717, 1.165) is 16.8 Å². The number of nitriles is 1. The highest BCUT2D eigenvalue weighted by Crippen LogP contribution is 2.42. The highest BCUT2D eigenvalue weighted by molar-refractivity contribution is 6.27. The van der Waals surface area contributed by atoms with Gasteiger partial charge in [0, 0.05) is 38.8 Å². The summed E-state index contributed by atoms with van der Waals surface area (Å²) in [4.78, 5) is 0. The van der Waals surface area contributed by atoms with E-state index in [0.29, 0.717) is 5.56 Å². The Morgan fingerprint density at radius 1 is 0.556 bits per heavy atom. The normalized spacial score (nSPS) is 11.9. The Balaban J connectivity index is 1.45. The molecule has 36 heavy (non-hydrogen) atoms. The number of nitrogens with zero attached hydrogens (tertiary/aromatic N) is 3. The minimum atomic E-state index is 0.676. The average Bonchev–Trinajstić information content (AvgIpc) is 3.62. The lowest BCUT2D eigenvalue weighted by molar-refractivity contribution is 1.19. The summed E-state index contributed by atoms with van der Waals surface area (Å²) in [5.41, 5.74) is 9.02. The van der Waals surface area contributed by atoms with Crippen LogP contribution < -0.4 is 0 Å². The summed E-state index contributed by atoms with van der Waals surface area (Å²) in [7, 11) is 0. The highest BCUT2D eigenvalue weighted by atomic mass is 15.0. The molecule has 0 radical (unpaired) electrons. The van der Waals surface area contributed by atoms with Crippen molar-refractivity contribution in [3.05, 3.63) is 121 Å². The van der Waals surface area contributed by atoms with Crippen molar-refractivity contribution < 1.29 is 0 Å². The number of benzene rings is 5. The first-order valence-corrected chi connectivity index (χ1v) is 12.1. The van der Waals surface area contributed by atoms with E-state index in [2.05, 4.69) is 106 Å². The SMILES string of the molecule is N#Cc1ccc(-c2ccc(-n3c4ccccc4c4ccc5c(c6cccc7ccn5c76)c43)cc2)cc1. The standard InChI is InChI=1S/C33H19N3/c34-20-21-8-10-22(11-9-21)23-12-14-25(15-13-23)36-29-7-2-1-5-26(29)27-16-17-30-31(33(27)36)28-6-3-4-24-18-19-35(30)32(24)28/h1-19H. The van der Waals surface area contributed by atoms with Crippen LogP contribution in [-0.4, -0.2) is 8.97 Å². The molecule has 3 nitrogen and oxygen atoms in total. The van der Waals surface area contributed by atoms with Gasteiger partial charge in [-0.25, -0.2) is 0 Å². The van der Waals surface area contributed by atoms with Crippen molar-refractivity contribution >= 4 is 49.0 Å². The van der Waals surface area contributed by atoms with E-state index < -0.39 is 0 Å². The van der Waals surface area contributed by atoms with Gasteiger partial charge in [-0.15, -0.1) is 0 Å². The van der Waals surface area contributed by atoms with Crippen molar-refractivity contribution in [1.29, 1.82) is 5.26 Å². The molecule has 0 unspecified atom stereocenters. The largest absolute Gasteiger partial charge is 0.315 e. The Kier molecular flexibility index (Phi) is 3.73. The van der Waals surface area contributed by atoms with Crippen molar-refractivity contribution in [3.8, 4) is 22.9 Å². The molecule has 0 amide bonds. The van der Waals surface area contributed by atoms with Gasteiger partial charge in [0.25, 0.3) is 0 Å². The molecule has 0 bridgehead atoms. The van der Waals surface area contributed by atoms with E-state index in [1.54, 1.807) is 0 Å². The molecule has 8 rings (SSSR count). The molecule has 3 heteroatoms. The minimum Gasteiger partial charge on any atom is -0.315 e. The van der Waals surface area contributed by atoms with Crippen LogP contribution in [0.4, 0.5) is 0 Å². The molecule has 0 spiro atoms. The van der Waals surface area contributed by atoms with Gasteiger partial charge in [0.1, 0.15) is 0 Å². The second-order valence-electron chi connectivity index (χ2n) is 9.37. The van der Waals surface area contributed by atoms with Crippen molar-refractivity contribution in [3.63, 3.8) is 0 Å². The number of para-hydroxylation sites is 2. The predicted molar refractivity (Wildman–Crippen MR) is 148 cm³/mol. The van der Waals surface area contributed by atoms with Crippen LogP contribution in [0, 0.1) is 11.3 Å². The van der Waals surface area contributed by atoms with E-state index in [4.69, 9.17) is 5.26 Å². The smallest absolute Gasteiger partial charge is 0.0991 e. The number of rotatable bonds is 2. The zero-order valence-electron chi connectivity index (χ0n) is 19.3. The van der Waals surface area contributed by atoms with Gasteiger partial charge in [0.15, 0.2) is 0 Å². The van der Waals surface area contributed by atoms with Gasteiger partial charge < -0.3 is 8.97 Å². The second-order valence-corrected chi connectivity index (χ2v) is 9.37. The first-order valence-electron chi connectivity index (χ1n) is 12.1. The van der Waals surface area contributed by atoms with Crippen molar-refractivity contribution in [2.24, 2.45) is 0 Å². The van der Waals surface area contributed by atoms with Gasteiger partial charge in [0.05, 0.1) is 33.7 Å². The maximum absolute atomic E-state index is 9.12. The van der Waals surface area contributed by atoms with Gasteiger partial charge in [0.2, 0.25) is 0 Å². The Morgan fingerprint density at radius 2 is 1.31 bits per heavy atom. The van der Waals surface area contributed by atoms with Crippen molar-refractivity contribution in [1.82, 2.24) is 8.97 Å². The summed E-state index contributed by atoms with van der Waals surface area (Å²) in [6.45, 7) is 0. The molecule has 8 aromatic rings. The van der Waals surface area contributed by atoms with Crippen LogP contribution in [0.3, 0.4) is 0 Å². The Hall–Kier alpha value is -5.07. The average molecular weight is 458 g/mol. The van der Waals surface area contributed by atoms with Crippen LogP contribution in [0.1, 0.15) is 5.56 Å². The lowest BCUT2D eigenvalue weighted by Gasteiger charge is -2.10. The van der Waals surface area contributed by atoms with Crippen LogP contribution in [0.15, 0.2) is 115 Å². The van der Waals surface area contributed by atoms with Gasteiger partial charge in [-0.1, -0.05) is 66.7 Å². The summed E-state index contributed by atoms with van der Waals surface area (Å²) in [5.74, 6) is 0. The first kappa shape index (κ1) is 19.3. The van der Waals surface area contributed by atoms with Gasteiger partial charge >= 0.3 is 0 Å². The van der Waals surface area contributed by atoms with Gasteiger partial charge in [-0.2, -0.15) is 5.26 Å². The minimum absolute atomic E-state index is 0.676. The highest BCUT2D eigenvalue weighted by Gasteiger charge is 2.20. The maximum Gasteiger partial charge on any atom is 0.0991 e. The zero-order chi connectivity index (χ0) is 23.8. The first-order chi connectivity index (χ1) is 17.8. The molecule has 0 fully saturated rings. The number of aromatic nitrogens is 2. The van der Waals surface area contributed by atoms with Crippen LogP contribution in [0.2, 0.25) is 0 Å². The molecule has 0 saturated heterocycles. The van der Waals surface area contributed by atoms with Gasteiger partial charge in [-0.3, -0.25) is 0 Å². The van der Waals surface area contributed by atoms with Gasteiger partial charge in [-0.05, 0) is 53.6 Å². The molecule has 0 aliphatic heterocycles. The van der Waals surface area contributed by atoms with E-state index in [1.807, 2.05) is 24.3 Å². The molecule has 166 valence electrons. The third-order valence-corrected chi connectivity index (χ3v) is 7.53. The third kappa shape index (κ3) is 2.45. The fraction of sp³-hybridized carbons (Fsp3) is 0. The molecule has 3 aromatic heterocycles. The molecule has 0 saturated carbocycles. The lowest BCUT2D eigenvalue weighted by Crippen LogP contribution is -1.94. The molecule has 0 atom stereocenters. The Morgan fingerprint density at radius 3 is 2.11 bits per heavy atom. The fourth-order valence-corrected chi connectivity index (χ4v) is 5.92. The van der Waals surface area contributed by atoms with E-state index in [9.17, 15) is 0 Å². The number of fused-ring (bicyclic) bond motifs is 7. The quantitative estimate of drug-likeness (QED) is 0.257. The fourth-order valence-electron chi connectivity index (χ4n) is 5.92. The summed E-state index contributed by atoms with van der Waals surface area (Å²) in [5, 5.41) is 15.5. The summed E-state index contributed by atoms with van der Waals surface area (Å²) >= 11 is 0. The Labute approximate surface area is 207 Å². The summed E-state index contributed by atoms with van der Waals surface area (Å²) < 4.78 is 4.74. The second kappa shape index (κ2) is 6.97. The molecule has 3 heterocycles. The predicted octanol–water partition coefficient (Wildman–Crippen LogP) is 8.32. The monoisotopic (exact) mass is 457 g/mol. The molecular weight excluding hydrogens is 438 g/mol. The van der Waals surface area contributed by atoms with E-state index in [-0.39, 0.29) is 0 Å². The van der Waals surface area contributed by atoms with Crippen LogP contribution in [0.25, 0.3) is 65.8 Å².